The van der Waals surface area contributed by atoms with Crippen molar-refractivity contribution in [1.82, 2.24) is 4.31 Å². The second-order valence-corrected chi connectivity index (χ2v) is 6.88. The Hall–Kier alpha value is -1.96. The minimum absolute atomic E-state index is 0.149. The first-order chi connectivity index (χ1) is 8.58. The topological polar surface area (TPSA) is 97.6 Å². The Morgan fingerprint density at radius 3 is 2.32 bits per heavy atom. The molecule has 1 amide bonds. The van der Waals surface area contributed by atoms with E-state index in [0.717, 1.165) is 6.07 Å². The summed E-state index contributed by atoms with van der Waals surface area (Å²) in [4.78, 5) is 21.8. The zero-order valence-corrected chi connectivity index (χ0v) is 11.4. The summed E-state index contributed by atoms with van der Waals surface area (Å²) >= 11 is 0. The van der Waals surface area contributed by atoms with Crippen LogP contribution in [0.1, 0.15) is 31.1 Å². The van der Waals surface area contributed by atoms with Crippen molar-refractivity contribution in [1.29, 1.82) is 0 Å². The molecule has 1 aliphatic rings. The van der Waals surface area contributed by atoms with Gasteiger partial charge in [0.25, 0.3) is 21.6 Å². The van der Waals surface area contributed by atoms with Gasteiger partial charge in [-0.25, -0.2) is 12.7 Å². The smallest absolute Gasteiger partial charge is 0.268 e. The number of nitro benzene ring substituents is 1. The summed E-state index contributed by atoms with van der Waals surface area (Å²) in [5.41, 5.74) is -1.70. The number of hydrogen-bond donors (Lipinski definition) is 0. The van der Waals surface area contributed by atoms with E-state index in [9.17, 15) is 23.3 Å². The van der Waals surface area contributed by atoms with Crippen LogP contribution in [0.25, 0.3) is 0 Å². The lowest BCUT2D eigenvalue weighted by Crippen LogP contribution is -2.45. The van der Waals surface area contributed by atoms with Gasteiger partial charge in [-0.1, -0.05) is 6.07 Å². The van der Waals surface area contributed by atoms with Crippen molar-refractivity contribution in [2.75, 3.05) is 0 Å². The van der Waals surface area contributed by atoms with E-state index in [1.807, 2.05) is 0 Å². The summed E-state index contributed by atoms with van der Waals surface area (Å²) in [6.07, 6.45) is 0. The molecule has 1 aliphatic heterocycles. The normalized spacial score (nSPS) is 17.4. The first kappa shape index (κ1) is 13.5. The highest BCUT2D eigenvalue weighted by molar-refractivity contribution is 7.90. The van der Waals surface area contributed by atoms with E-state index in [1.54, 1.807) is 20.8 Å². The first-order valence-corrected chi connectivity index (χ1v) is 6.89. The Balaban J connectivity index is 2.83. The second kappa shape index (κ2) is 3.77. The number of sulfonamides is 1. The van der Waals surface area contributed by atoms with Gasteiger partial charge in [-0.05, 0) is 26.8 Å². The third kappa shape index (κ3) is 1.79. The molecule has 0 unspecified atom stereocenters. The van der Waals surface area contributed by atoms with Crippen LogP contribution in [-0.2, 0) is 10.0 Å². The Morgan fingerprint density at radius 2 is 1.84 bits per heavy atom. The minimum Gasteiger partial charge on any atom is -0.268 e. The molecule has 0 bridgehead atoms. The Labute approximate surface area is 110 Å². The quantitative estimate of drug-likeness (QED) is 0.575. The highest BCUT2D eigenvalue weighted by atomic mass is 32.2. The molecule has 7 nitrogen and oxygen atoms in total. The average molecular weight is 284 g/mol. The third-order valence-electron chi connectivity index (χ3n) is 2.71. The highest BCUT2D eigenvalue weighted by Crippen LogP contribution is 2.40. The van der Waals surface area contributed by atoms with Crippen molar-refractivity contribution in [2.45, 2.75) is 31.2 Å². The molecular formula is C11H12N2O5S. The van der Waals surface area contributed by atoms with E-state index in [-0.39, 0.29) is 5.56 Å². The average Bonchev–Trinajstić information content (AvgIpc) is 2.45. The molecule has 19 heavy (non-hydrogen) atoms. The maximum atomic E-state index is 12.4. The molecule has 102 valence electrons. The predicted octanol–water partition coefficient (Wildman–Crippen LogP) is 1.54. The van der Waals surface area contributed by atoms with Gasteiger partial charge in [0.05, 0.1) is 16.0 Å². The number of fused-ring (bicyclic) bond motifs is 1. The molecule has 0 atom stereocenters. The zero-order valence-electron chi connectivity index (χ0n) is 10.6. The van der Waals surface area contributed by atoms with Crippen molar-refractivity contribution >= 4 is 21.6 Å². The third-order valence-corrected chi connectivity index (χ3v) is 4.85. The van der Waals surface area contributed by atoms with Crippen LogP contribution in [0.5, 0.6) is 0 Å². The molecule has 0 radical (unpaired) electrons. The highest BCUT2D eigenvalue weighted by Gasteiger charge is 2.50. The number of hydrogen-bond acceptors (Lipinski definition) is 5. The number of nitro groups is 1. The molecule has 1 heterocycles. The van der Waals surface area contributed by atoms with Gasteiger partial charge in [-0.15, -0.1) is 0 Å². The van der Waals surface area contributed by atoms with Gasteiger partial charge in [-0.2, -0.15) is 0 Å². The summed E-state index contributed by atoms with van der Waals surface area (Å²) in [6, 6.07) is 3.67. The molecule has 0 aromatic heterocycles. The maximum Gasteiger partial charge on any atom is 0.290 e. The lowest BCUT2D eigenvalue weighted by atomic mass is 10.1. The Kier molecular flexibility index (Phi) is 2.67. The number of nitrogens with zero attached hydrogens (tertiary/aromatic N) is 2. The zero-order chi connectivity index (χ0) is 14.6. The molecule has 1 aromatic carbocycles. The van der Waals surface area contributed by atoms with Gasteiger partial charge in [0.1, 0.15) is 0 Å². The number of carbonyl (C=O) groups excluding carboxylic acids is 1. The molecule has 0 spiro atoms. The lowest BCUT2D eigenvalue weighted by molar-refractivity contribution is -0.387. The number of benzene rings is 1. The Morgan fingerprint density at radius 1 is 1.26 bits per heavy atom. The summed E-state index contributed by atoms with van der Waals surface area (Å²) in [5.74, 6) is -0.730. The SMILES string of the molecule is CC(C)(C)N1C(=O)c2cccc([N+](=O)[O-])c2S1(=O)=O. The fourth-order valence-corrected chi connectivity index (χ4v) is 4.14. The van der Waals surface area contributed by atoms with Crippen LogP contribution in [0.15, 0.2) is 23.1 Å². The van der Waals surface area contributed by atoms with Crippen LogP contribution in [0, 0.1) is 10.1 Å². The van der Waals surface area contributed by atoms with E-state index < -0.39 is 37.0 Å². The van der Waals surface area contributed by atoms with E-state index >= 15 is 0 Å². The van der Waals surface area contributed by atoms with Crippen LogP contribution in [0.4, 0.5) is 5.69 Å². The van der Waals surface area contributed by atoms with E-state index in [1.165, 1.54) is 12.1 Å². The monoisotopic (exact) mass is 284 g/mol. The van der Waals surface area contributed by atoms with E-state index in [4.69, 9.17) is 0 Å². The van der Waals surface area contributed by atoms with E-state index in [0.29, 0.717) is 4.31 Å². The molecule has 0 saturated carbocycles. The standard InChI is InChI=1S/C11H12N2O5S/c1-11(2,3)12-10(14)7-5-4-6-8(13(15)16)9(7)19(12,17)18/h4-6H,1-3H3. The van der Waals surface area contributed by atoms with Crippen LogP contribution >= 0.6 is 0 Å². The van der Waals surface area contributed by atoms with Crippen LogP contribution in [-0.4, -0.2) is 29.1 Å². The molecule has 1 aromatic rings. The predicted molar refractivity (Wildman–Crippen MR) is 66.2 cm³/mol. The molecule has 0 saturated heterocycles. The molecule has 0 N–H and O–H groups in total. The Bertz CT molecular complexity index is 688. The van der Waals surface area contributed by atoms with Gasteiger partial charge in [-0.3, -0.25) is 14.9 Å². The first-order valence-electron chi connectivity index (χ1n) is 5.45. The van der Waals surface area contributed by atoms with Crippen molar-refractivity contribution in [3.8, 4) is 0 Å². The van der Waals surface area contributed by atoms with E-state index in [2.05, 4.69) is 0 Å². The maximum absolute atomic E-state index is 12.4. The van der Waals surface area contributed by atoms with Gasteiger partial charge in [0.2, 0.25) is 0 Å². The number of rotatable bonds is 1. The lowest BCUT2D eigenvalue weighted by Gasteiger charge is -2.29. The second-order valence-electron chi connectivity index (χ2n) is 5.16. The van der Waals surface area contributed by atoms with Gasteiger partial charge in [0.15, 0.2) is 4.90 Å². The summed E-state index contributed by atoms with van der Waals surface area (Å²) in [6.45, 7) is 4.67. The van der Waals surface area contributed by atoms with Crippen LogP contribution < -0.4 is 0 Å². The summed E-state index contributed by atoms with van der Waals surface area (Å²) in [5, 5.41) is 10.9. The van der Waals surface area contributed by atoms with Crippen LogP contribution in [0.2, 0.25) is 0 Å². The fraction of sp³-hybridized carbons (Fsp3) is 0.364. The van der Waals surface area contributed by atoms with Gasteiger partial charge in [0, 0.05) is 6.07 Å². The van der Waals surface area contributed by atoms with Crippen LogP contribution in [0.3, 0.4) is 0 Å². The largest absolute Gasteiger partial charge is 0.290 e. The minimum atomic E-state index is -4.19. The van der Waals surface area contributed by atoms with Gasteiger partial charge >= 0.3 is 0 Å². The molecular weight excluding hydrogens is 272 g/mol. The summed E-state index contributed by atoms with van der Waals surface area (Å²) < 4.78 is 25.4. The number of amides is 1. The van der Waals surface area contributed by atoms with Gasteiger partial charge < -0.3 is 0 Å². The van der Waals surface area contributed by atoms with Crippen molar-refractivity contribution < 1.29 is 18.1 Å². The molecule has 8 heteroatoms. The molecule has 0 aliphatic carbocycles. The molecule has 2 rings (SSSR count). The fourth-order valence-electron chi connectivity index (χ4n) is 2.08. The number of carbonyl (C=O) groups is 1. The van der Waals surface area contributed by atoms with Crippen molar-refractivity contribution in [3.63, 3.8) is 0 Å². The summed E-state index contributed by atoms with van der Waals surface area (Å²) in [7, 11) is -4.19. The molecule has 0 fully saturated rings. The van der Waals surface area contributed by atoms with Crippen molar-refractivity contribution in [2.24, 2.45) is 0 Å². The van der Waals surface area contributed by atoms with Crippen molar-refractivity contribution in [3.05, 3.63) is 33.9 Å².